The van der Waals surface area contributed by atoms with E-state index in [4.69, 9.17) is 0 Å². The van der Waals surface area contributed by atoms with Crippen LogP contribution >= 0.6 is 0 Å². The van der Waals surface area contributed by atoms with E-state index in [2.05, 4.69) is 52.0 Å². The maximum absolute atomic E-state index is 12.9. The average Bonchev–Trinajstić information content (AvgIpc) is 3.32. The minimum absolute atomic E-state index is 0.00148. The van der Waals surface area contributed by atoms with Crippen LogP contribution in [0.1, 0.15) is 43.4 Å². The maximum atomic E-state index is 12.9. The van der Waals surface area contributed by atoms with Crippen molar-refractivity contribution < 1.29 is 0 Å². The Bertz CT molecular complexity index is 1270. The van der Waals surface area contributed by atoms with E-state index in [-0.39, 0.29) is 11.7 Å². The summed E-state index contributed by atoms with van der Waals surface area (Å²) in [5.74, 6) is 0. The average molecular weight is 405 g/mol. The SMILES string of the molecule is CCCN1CCC(n2c(=O)[nH]c3cc(-c4cc(C)c5ncnn5c4)c(C)cc32)CC1. The number of piperidine rings is 1. The summed E-state index contributed by atoms with van der Waals surface area (Å²) in [4.78, 5) is 22.8. The third-order valence-electron chi connectivity index (χ3n) is 6.39. The predicted octanol–water partition coefficient (Wildman–Crippen LogP) is 3.70. The van der Waals surface area contributed by atoms with Gasteiger partial charge in [-0.25, -0.2) is 14.3 Å². The van der Waals surface area contributed by atoms with Gasteiger partial charge in [-0.05, 0) is 74.5 Å². The van der Waals surface area contributed by atoms with Crippen LogP contribution in [0.25, 0.3) is 27.8 Å². The van der Waals surface area contributed by atoms with Crippen LogP contribution in [0.4, 0.5) is 0 Å². The fourth-order valence-corrected chi connectivity index (χ4v) is 4.91. The molecule has 0 saturated carbocycles. The van der Waals surface area contributed by atoms with Crippen LogP contribution in [0.3, 0.4) is 0 Å². The topological polar surface area (TPSA) is 71.2 Å². The highest BCUT2D eigenvalue weighted by molar-refractivity contribution is 5.84. The van der Waals surface area contributed by atoms with Gasteiger partial charge in [-0.1, -0.05) is 6.92 Å². The number of benzene rings is 1. The van der Waals surface area contributed by atoms with Gasteiger partial charge >= 0.3 is 5.69 Å². The highest BCUT2D eigenvalue weighted by Gasteiger charge is 2.23. The summed E-state index contributed by atoms with van der Waals surface area (Å²) in [6.45, 7) is 9.65. The Morgan fingerprint density at radius 2 is 1.93 bits per heavy atom. The van der Waals surface area contributed by atoms with Crippen molar-refractivity contribution in [2.75, 3.05) is 19.6 Å². The first-order chi connectivity index (χ1) is 14.5. The van der Waals surface area contributed by atoms with Gasteiger partial charge < -0.3 is 9.88 Å². The third kappa shape index (κ3) is 3.13. The molecule has 0 bridgehead atoms. The van der Waals surface area contributed by atoms with Gasteiger partial charge in [-0.3, -0.25) is 4.57 Å². The van der Waals surface area contributed by atoms with E-state index in [0.717, 1.165) is 71.4 Å². The largest absolute Gasteiger partial charge is 0.326 e. The van der Waals surface area contributed by atoms with Crippen LogP contribution in [0.15, 0.2) is 35.5 Å². The van der Waals surface area contributed by atoms with Gasteiger partial charge in [0.05, 0.1) is 11.0 Å². The molecule has 1 saturated heterocycles. The maximum Gasteiger partial charge on any atom is 0.326 e. The van der Waals surface area contributed by atoms with Gasteiger partial charge in [0.15, 0.2) is 5.65 Å². The Balaban J connectivity index is 1.55. The monoisotopic (exact) mass is 404 g/mol. The molecule has 0 aliphatic carbocycles. The van der Waals surface area contributed by atoms with Gasteiger partial charge in [-0.2, -0.15) is 5.10 Å². The molecule has 4 aromatic rings. The number of aromatic nitrogens is 5. The fraction of sp³-hybridized carbons (Fsp3) is 0.435. The van der Waals surface area contributed by atoms with Crippen molar-refractivity contribution in [2.45, 2.75) is 46.1 Å². The third-order valence-corrected chi connectivity index (χ3v) is 6.39. The highest BCUT2D eigenvalue weighted by Crippen LogP contribution is 2.31. The van der Waals surface area contributed by atoms with Gasteiger partial charge in [0.2, 0.25) is 0 Å². The van der Waals surface area contributed by atoms with Crippen molar-refractivity contribution in [2.24, 2.45) is 0 Å². The summed E-state index contributed by atoms with van der Waals surface area (Å²) in [5.41, 5.74) is 7.18. The summed E-state index contributed by atoms with van der Waals surface area (Å²) in [6, 6.07) is 6.66. The van der Waals surface area contributed by atoms with Crippen molar-refractivity contribution in [1.29, 1.82) is 0 Å². The van der Waals surface area contributed by atoms with E-state index in [1.54, 1.807) is 6.33 Å². The summed E-state index contributed by atoms with van der Waals surface area (Å²) in [7, 11) is 0. The standard InChI is InChI=1S/C23H28N6O/c1-4-7-27-8-5-18(6-9-27)29-21-11-15(2)19(12-20(21)26-23(29)30)17-10-16(3)22-24-14-25-28(22)13-17/h10-14,18H,4-9H2,1-3H3,(H,26,30). The molecule has 0 amide bonds. The molecule has 7 heteroatoms. The quantitative estimate of drug-likeness (QED) is 0.563. The molecule has 5 rings (SSSR count). The number of pyridine rings is 1. The Morgan fingerprint density at radius 3 is 2.70 bits per heavy atom. The lowest BCUT2D eigenvalue weighted by Crippen LogP contribution is -2.37. The second-order valence-corrected chi connectivity index (χ2v) is 8.50. The second kappa shape index (κ2) is 7.40. The van der Waals surface area contributed by atoms with Crippen molar-refractivity contribution in [3.63, 3.8) is 0 Å². The van der Waals surface area contributed by atoms with Crippen molar-refractivity contribution in [1.82, 2.24) is 29.0 Å². The molecule has 1 N–H and O–H groups in total. The lowest BCUT2D eigenvalue weighted by molar-refractivity contribution is 0.187. The van der Waals surface area contributed by atoms with Crippen LogP contribution in [-0.2, 0) is 0 Å². The lowest BCUT2D eigenvalue weighted by Gasteiger charge is -2.32. The van der Waals surface area contributed by atoms with Crippen LogP contribution in [-0.4, -0.2) is 48.7 Å². The molecule has 1 aromatic carbocycles. The van der Waals surface area contributed by atoms with Gasteiger partial charge in [0, 0.05) is 30.9 Å². The van der Waals surface area contributed by atoms with E-state index in [0.29, 0.717) is 0 Å². The number of imidazole rings is 1. The molecule has 0 atom stereocenters. The molecule has 1 aliphatic heterocycles. The molecule has 1 aliphatic rings. The number of aryl methyl sites for hydroxylation is 2. The lowest BCUT2D eigenvalue weighted by atomic mass is 9.99. The molecule has 7 nitrogen and oxygen atoms in total. The van der Waals surface area contributed by atoms with E-state index < -0.39 is 0 Å². The number of hydrogen-bond acceptors (Lipinski definition) is 4. The molecule has 0 spiro atoms. The zero-order chi connectivity index (χ0) is 20.8. The number of aromatic amines is 1. The number of likely N-dealkylation sites (tertiary alicyclic amines) is 1. The molecule has 3 aromatic heterocycles. The Morgan fingerprint density at radius 1 is 1.13 bits per heavy atom. The number of fused-ring (bicyclic) bond motifs is 2. The summed E-state index contributed by atoms with van der Waals surface area (Å²) in [5, 5.41) is 4.30. The molecule has 30 heavy (non-hydrogen) atoms. The molecule has 4 heterocycles. The molecular weight excluding hydrogens is 376 g/mol. The molecule has 1 fully saturated rings. The molecular formula is C23H28N6O. The van der Waals surface area contributed by atoms with Gasteiger partial charge in [0.25, 0.3) is 0 Å². The Kier molecular flexibility index (Phi) is 4.70. The summed E-state index contributed by atoms with van der Waals surface area (Å²) < 4.78 is 3.80. The Labute approximate surface area is 175 Å². The highest BCUT2D eigenvalue weighted by atomic mass is 16.1. The minimum atomic E-state index is -0.00148. The first-order valence-corrected chi connectivity index (χ1v) is 10.8. The van der Waals surface area contributed by atoms with Gasteiger partial charge in [0.1, 0.15) is 6.33 Å². The number of nitrogens with zero attached hydrogens (tertiary/aromatic N) is 5. The Hall–Kier alpha value is -2.93. The molecule has 0 radical (unpaired) electrons. The number of H-pyrrole nitrogens is 1. The summed E-state index contributed by atoms with van der Waals surface area (Å²) in [6.07, 6.45) is 6.80. The fourth-order valence-electron chi connectivity index (χ4n) is 4.91. The number of rotatable bonds is 4. The number of nitrogens with one attached hydrogen (secondary N) is 1. The number of hydrogen-bond donors (Lipinski definition) is 1. The van der Waals surface area contributed by atoms with E-state index in [1.165, 1.54) is 6.42 Å². The van der Waals surface area contributed by atoms with Crippen LogP contribution in [0.5, 0.6) is 0 Å². The zero-order valence-electron chi connectivity index (χ0n) is 17.9. The first kappa shape index (κ1) is 19.1. The molecule has 0 unspecified atom stereocenters. The smallest absolute Gasteiger partial charge is 0.306 e. The minimum Gasteiger partial charge on any atom is -0.306 e. The molecule has 156 valence electrons. The van der Waals surface area contributed by atoms with E-state index >= 15 is 0 Å². The van der Waals surface area contributed by atoms with Crippen LogP contribution in [0.2, 0.25) is 0 Å². The zero-order valence-corrected chi connectivity index (χ0v) is 17.9. The van der Waals surface area contributed by atoms with Crippen LogP contribution in [0, 0.1) is 13.8 Å². The van der Waals surface area contributed by atoms with Gasteiger partial charge in [-0.15, -0.1) is 0 Å². The first-order valence-electron chi connectivity index (χ1n) is 10.8. The van der Waals surface area contributed by atoms with E-state index in [1.807, 2.05) is 22.2 Å². The van der Waals surface area contributed by atoms with Crippen LogP contribution < -0.4 is 5.69 Å². The summed E-state index contributed by atoms with van der Waals surface area (Å²) >= 11 is 0. The van der Waals surface area contributed by atoms with E-state index in [9.17, 15) is 4.79 Å². The van der Waals surface area contributed by atoms with Crippen molar-refractivity contribution in [3.8, 4) is 11.1 Å². The normalized spacial score (nSPS) is 16.1. The van der Waals surface area contributed by atoms with Crippen molar-refractivity contribution >= 4 is 16.7 Å². The predicted molar refractivity (Wildman–Crippen MR) is 119 cm³/mol. The van der Waals surface area contributed by atoms with Crippen molar-refractivity contribution in [3.05, 3.63) is 52.3 Å². The second-order valence-electron chi connectivity index (χ2n) is 8.50.